The molecule has 0 amide bonds. The smallest absolute Gasteiger partial charge is 0.145 e. The molecule has 0 atom stereocenters. The van der Waals surface area contributed by atoms with Crippen LogP contribution >= 0.6 is 0 Å². The molecule has 0 saturated heterocycles. The Morgan fingerprint density at radius 1 is 0.413 bits per heavy atom. The summed E-state index contributed by atoms with van der Waals surface area (Å²) in [5.41, 5.74) is 17.4. The van der Waals surface area contributed by atoms with E-state index in [0.29, 0.717) is 0 Å². The maximum absolute atomic E-state index is 5.13. The number of para-hydroxylation sites is 5. The zero-order valence-electron chi connectivity index (χ0n) is 34.8. The average molecular weight is 806 g/mol. The van der Waals surface area contributed by atoms with Gasteiger partial charge < -0.3 is 13.9 Å². The van der Waals surface area contributed by atoms with E-state index in [4.69, 9.17) is 4.98 Å². The summed E-state index contributed by atoms with van der Waals surface area (Å²) < 4.78 is 7.41. The predicted octanol–water partition coefficient (Wildman–Crippen LogP) is 15.1. The van der Waals surface area contributed by atoms with Crippen LogP contribution in [-0.4, -0.2) is 18.4 Å². The maximum atomic E-state index is 5.13. The van der Waals surface area contributed by atoms with Crippen molar-refractivity contribution in [2.24, 2.45) is 0 Å². The lowest BCUT2D eigenvalue weighted by Crippen LogP contribution is -2.30. The molecule has 0 bridgehead atoms. The second kappa shape index (κ2) is 12.5. The van der Waals surface area contributed by atoms with Gasteiger partial charge in [-0.05, 0) is 89.5 Å². The highest BCUT2D eigenvalue weighted by atomic mass is 15.2. The Balaban J connectivity index is 1.11. The molecule has 296 valence electrons. The van der Waals surface area contributed by atoms with Crippen LogP contribution in [0.25, 0.3) is 93.4 Å². The Morgan fingerprint density at radius 3 is 1.79 bits per heavy atom. The lowest BCUT2D eigenvalue weighted by molar-refractivity contribution is 0.632. The Labute approximate surface area is 362 Å². The van der Waals surface area contributed by atoms with Crippen molar-refractivity contribution in [1.82, 2.24) is 18.4 Å². The molecule has 63 heavy (non-hydrogen) atoms. The van der Waals surface area contributed by atoms with Crippen molar-refractivity contribution < 1.29 is 0 Å². The fourth-order valence-electron chi connectivity index (χ4n) is 11.2. The summed E-state index contributed by atoms with van der Waals surface area (Å²) in [6, 6.07) is 71.6. The third-order valence-corrected chi connectivity index (χ3v) is 14.0. The van der Waals surface area contributed by atoms with E-state index in [1.54, 1.807) is 0 Å². The van der Waals surface area contributed by atoms with Crippen molar-refractivity contribution in [2.45, 2.75) is 19.3 Å². The first-order valence-electron chi connectivity index (χ1n) is 21.8. The minimum Gasteiger partial charge on any atom is -0.310 e. The van der Waals surface area contributed by atoms with Crippen molar-refractivity contribution in [3.8, 4) is 16.9 Å². The number of hydrogen-bond donors (Lipinski definition) is 0. The Bertz CT molecular complexity index is 4000. The van der Waals surface area contributed by atoms with E-state index in [9.17, 15) is 0 Å². The fraction of sp³-hybridized carbons (Fsp3) is 0.0517. The van der Waals surface area contributed by atoms with Crippen molar-refractivity contribution in [3.05, 3.63) is 211 Å². The first kappa shape index (κ1) is 34.6. The molecule has 0 radical (unpaired) electrons. The molecule has 0 unspecified atom stereocenters. The summed E-state index contributed by atoms with van der Waals surface area (Å²) in [6.07, 6.45) is 1.93. The number of aromatic nitrogens is 4. The van der Waals surface area contributed by atoms with E-state index in [2.05, 4.69) is 226 Å². The van der Waals surface area contributed by atoms with Gasteiger partial charge in [-0.2, -0.15) is 0 Å². The summed E-state index contributed by atoms with van der Waals surface area (Å²) in [4.78, 5) is 7.56. The van der Waals surface area contributed by atoms with Gasteiger partial charge in [0.15, 0.2) is 0 Å². The standard InChI is InChI=1S/C58H39N5/c1-58(2)46-23-7-10-26-49(46)61(50-27-11-8-24-47(50)58)39-30-28-38(29-31-39)60-48-25-9-6-18-40(48)45-34-53-54(35-52(45)60)62-51(36-15-4-3-5-16-36)33-37-17-12-19-41(55(37)62)42-20-13-21-43-44-22-14-32-59-57(44)63(53)56(42)43/h3-35H,1-2H3. The van der Waals surface area contributed by atoms with Gasteiger partial charge in [0.2, 0.25) is 0 Å². The van der Waals surface area contributed by atoms with E-state index >= 15 is 0 Å². The SMILES string of the molecule is CC1(C)c2ccccc2N(c2ccc(-n3c4ccccc4c4cc5c(cc43)n3c(-c4ccccc4)cc4cccc(c6cccc7c8cccnc8n5c67)c43)cc2)c2ccccc21. The van der Waals surface area contributed by atoms with Crippen LogP contribution in [0.2, 0.25) is 0 Å². The summed E-state index contributed by atoms with van der Waals surface area (Å²) in [5, 5.41) is 8.35. The third kappa shape index (κ3) is 4.58. The molecule has 14 rings (SSSR count). The van der Waals surface area contributed by atoms with Crippen LogP contribution in [-0.2, 0) is 5.41 Å². The first-order valence-corrected chi connectivity index (χ1v) is 21.8. The molecule has 6 heterocycles. The predicted molar refractivity (Wildman–Crippen MR) is 263 cm³/mol. The molecule has 0 saturated carbocycles. The number of hydrogen-bond acceptors (Lipinski definition) is 2. The van der Waals surface area contributed by atoms with Gasteiger partial charge in [-0.1, -0.05) is 135 Å². The van der Waals surface area contributed by atoms with Crippen molar-refractivity contribution in [3.63, 3.8) is 0 Å². The summed E-state index contributed by atoms with van der Waals surface area (Å²) >= 11 is 0. The lowest BCUT2D eigenvalue weighted by atomic mass is 9.73. The highest BCUT2D eigenvalue weighted by molar-refractivity contribution is 6.23. The molecule has 0 aliphatic carbocycles. The van der Waals surface area contributed by atoms with Gasteiger partial charge >= 0.3 is 0 Å². The van der Waals surface area contributed by atoms with Crippen LogP contribution in [0.1, 0.15) is 25.0 Å². The number of benzene rings is 8. The monoisotopic (exact) mass is 805 g/mol. The van der Waals surface area contributed by atoms with E-state index in [1.807, 2.05) is 6.20 Å². The molecular weight excluding hydrogens is 767 g/mol. The molecule has 8 aromatic carbocycles. The minimum atomic E-state index is -0.118. The highest BCUT2D eigenvalue weighted by Gasteiger charge is 2.36. The Hall–Kier alpha value is -8.15. The van der Waals surface area contributed by atoms with E-state index in [1.165, 1.54) is 71.4 Å². The second-order valence-electron chi connectivity index (χ2n) is 17.6. The Morgan fingerprint density at radius 2 is 1.02 bits per heavy atom. The quantitative estimate of drug-likeness (QED) is 0.178. The molecule has 13 aromatic rings. The maximum Gasteiger partial charge on any atom is 0.145 e. The zero-order valence-corrected chi connectivity index (χ0v) is 34.8. The number of anilines is 3. The largest absolute Gasteiger partial charge is 0.310 e. The summed E-state index contributed by atoms with van der Waals surface area (Å²) in [7, 11) is 0. The Kier molecular flexibility index (Phi) is 6.84. The van der Waals surface area contributed by atoms with Gasteiger partial charge in [0, 0.05) is 60.7 Å². The van der Waals surface area contributed by atoms with Crippen LogP contribution in [0.5, 0.6) is 0 Å². The second-order valence-corrected chi connectivity index (χ2v) is 17.6. The molecule has 1 aliphatic rings. The van der Waals surface area contributed by atoms with Crippen molar-refractivity contribution in [1.29, 1.82) is 0 Å². The molecule has 0 spiro atoms. The van der Waals surface area contributed by atoms with Crippen molar-refractivity contribution in [2.75, 3.05) is 4.90 Å². The number of pyridine rings is 1. The summed E-state index contributed by atoms with van der Waals surface area (Å²) in [5.74, 6) is 0. The average Bonchev–Trinajstić information content (AvgIpc) is 3.99. The van der Waals surface area contributed by atoms with E-state index in [0.717, 1.165) is 50.2 Å². The molecule has 5 nitrogen and oxygen atoms in total. The van der Waals surface area contributed by atoms with Gasteiger partial charge in [-0.25, -0.2) is 4.98 Å². The molecule has 5 aromatic heterocycles. The van der Waals surface area contributed by atoms with Crippen LogP contribution in [0.3, 0.4) is 0 Å². The third-order valence-electron chi connectivity index (χ3n) is 14.0. The molecule has 1 aliphatic heterocycles. The molecule has 0 fully saturated rings. The van der Waals surface area contributed by atoms with E-state index in [-0.39, 0.29) is 5.41 Å². The topological polar surface area (TPSA) is 29.9 Å². The van der Waals surface area contributed by atoms with Crippen LogP contribution in [0, 0.1) is 0 Å². The van der Waals surface area contributed by atoms with Gasteiger partial charge in [0.05, 0.1) is 50.2 Å². The van der Waals surface area contributed by atoms with Gasteiger partial charge in [-0.15, -0.1) is 0 Å². The van der Waals surface area contributed by atoms with Crippen LogP contribution in [0.4, 0.5) is 17.1 Å². The first-order chi connectivity index (χ1) is 31.0. The van der Waals surface area contributed by atoms with E-state index < -0.39 is 0 Å². The number of rotatable bonds is 3. The normalized spacial score (nSPS) is 13.7. The molecule has 5 heteroatoms. The molecular formula is C58H39N5. The van der Waals surface area contributed by atoms with Crippen LogP contribution in [0.15, 0.2) is 200 Å². The number of nitrogens with zero attached hydrogens (tertiary/aromatic N) is 5. The van der Waals surface area contributed by atoms with Crippen molar-refractivity contribution >= 4 is 93.5 Å². The van der Waals surface area contributed by atoms with Gasteiger partial charge in [0.25, 0.3) is 0 Å². The zero-order chi connectivity index (χ0) is 41.6. The lowest BCUT2D eigenvalue weighted by Gasteiger charge is -2.42. The molecule has 0 N–H and O–H groups in total. The van der Waals surface area contributed by atoms with Gasteiger partial charge in [-0.3, -0.25) is 4.40 Å². The van der Waals surface area contributed by atoms with Gasteiger partial charge in [0.1, 0.15) is 5.65 Å². The minimum absolute atomic E-state index is 0.118. The summed E-state index contributed by atoms with van der Waals surface area (Å²) in [6.45, 7) is 4.68. The fourth-order valence-corrected chi connectivity index (χ4v) is 11.2. The van der Waals surface area contributed by atoms with Crippen LogP contribution < -0.4 is 4.90 Å². The highest BCUT2D eigenvalue weighted by Crippen LogP contribution is 2.52. The number of fused-ring (bicyclic) bond motifs is 12.